The number of hydrogen-bond donors (Lipinski definition) is 1. The molecule has 0 aliphatic rings. The molecule has 0 aliphatic carbocycles. The van der Waals surface area contributed by atoms with Crippen LogP contribution in [0.2, 0.25) is 0 Å². The van der Waals surface area contributed by atoms with Gasteiger partial charge in [-0.15, -0.1) is 0 Å². The van der Waals surface area contributed by atoms with Crippen LogP contribution < -0.4 is 0 Å². The van der Waals surface area contributed by atoms with E-state index in [2.05, 4.69) is 6.92 Å². The summed E-state index contributed by atoms with van der Waals surface area (Å²) in [6, 6.07) is 0. The van der Waals surface area contributed by atoms with Crippen molar-refractivity contribution in [3.05, 3.63) is 0 Å². The summed E-state index contributed by atoms with van der Waals surface area (Å²) in [6.45, 7) is 2.03. The standard InChI is InChI=1S/C16H31NO3/c1-3-4-5-6-7-8-9-10-11-12-13-15(18)17(2)14-16(19)20/h3-14H2,1-2H3,(H,19,20). The predicted molar refractivity (Wildman–Crippen MR) is 81.7 cm³/mol. The van der Waals surface area contributed by atoms with Gasteiger partial charge in [-0.25, -0.2) is 0 Å². The van der Waals surface area contributed by atoms with Crippen molar-refractivity contribution >= 4 is 11.9 Å². The molecule has 0 atom stereocenters. The van der Waals surface area contributed by atoms with Crippen molar-refractivity contribution in [3.8, 4) is 0 Å². The third kappa shape index (κ3) is 12.0. The number of carboxylic acid groups (broad SMARTS) is 1. The highest BCUT2D eigenvalue weighted by atomic mass is 16.4. The van der Waals surface area contributed by atoms with Crippen LogP contribution >= 0.6 is 0 Å². The molecule has 0 aliphatic heterocycles. The van der Waals surface area contributed by atoms with E-state index in [1.54, 1.807) is 7.05 Å². The number of carbonyl (C=O) groups excluding carboxylic acids is 1. The lowest BCUT2D eigenvalue weighted by molar-refractivity contribution is -0.143. The Labute approximate surface area is 123 Å². The van der Waals surface area contributed by atoms with E-state index in [0.717, 1.165) is 12.8 Å². The second kappa shape index (κ2) is 12.9. The number of amides is 1. The summed E-state index contributed by atoms with van der Waals surface area (Å²) in [5.41, 5.74) is 0. The van der Waals surface area contributed by atoms with Crippen LogP contribution in [0, 0.1) is 0 Å². The first kappa shape index (κ1) is 18.9. The fourth-order valence-corrected chi connectivity index (χ4v) is 2.25. The second-order valence-corrected chi connectivity index (χ2v) is 5.58. The fraction of sp³-hybridized carbons (Fsp3) is 0.875. The fourth-order valence-electron chi connectivity index (χ4n) is 2.25. The van der Waals surface area contributed by atoms with Crippen molar-refractivity contribution in [3.63, 3.8) is 0 Å². The SMILES string of the molecule is CCCCCCCCCCCCC(=O)N(C)CC(=O)O. The van der Waals surface area contributed by atoms with Gasteiger partial charge in [-0.2, -0.15) is 0 Å². The van der Waals surface area contributed by atoms with Crippen molar-refractivity contribution in [1.29, 1.82) is 0 Å². The third-order valence-corrected chi connectivity index (χ3v) is 3.54. The van der Waals surface area contributed by atoms with Gasteiger partial charge in [0.2, 0.25) is 5.91 Å². The van der Waals surface area contributed by atoms with E-state index in [0.29, 0.717) is 6.42 Å². The molecule has 1 N–H and O–H groups in total. The molecule has 20 heavy (non-hydrogen) atoms. The number of carbonyl (C=O) groups is 2. The van der Waals surface area contributed by atoms with Crippen molar-refractivity contribution in [2.75, 3.05) is 13.6 Å². The van der Waals surface area contributed by atoms with Gasteiger partial charge in [0, 0.05) is 13.5 Å². The van der Waals surface area contributed by atoms with Crippen molar-refractivity contribution < 1.29 is 14.7 Å². The predicted octanol–water partition coefficient (Wildman–Crippen LogP) is 3.84. The number of aliphatic carboxylic acids is 1. The maximum atomic E-state index is 11.6. The topological polar surface area (TPSA) is 57.6 Å². The Hall–Kier alpha value is -1.06. The normalized spacial score (nSPS) is 10.5. The molecular formula is C16H31NO3. The summed E-state index contributed by atoms with van der Waals surface area (Å²) < 4.78 is 0. The lowest BCUT2D eigenvalue weighted by Crippen LogP contribution is -2.31. The molecule has 4 nitrogen and oxygen atoms in total. The first-order valence-electron chi connectivity index (χ1n) is 8.03. The summed E-state index contributed by atoms with van der Waals surface area (Å²) in [4.78, 5) is 23.3. The van der Waals surface area contributed by atoms with Crippen LogP contribution in [0.4, 0.5) is 0 Å². The molecule has 0 unspecified atom stereocenters. The third-order valence-electron chi connectivity index (χ3n) is 3.54. The molecule has 0 aromatic heterocycles. The van der Waals surface area contributed by atoms with Crippen LogP contribution in [0.1, 0.15) is 77.6 Å². The van der Waals surface area contributed by atoms with Crippen molar-refractivity contribution in [2.45, 2.75) is 77.6 Å². The molecule has 0 bridgehead atoms. The molecule has 0 aromatic carbocycles. The maximum absolute atomic E-state index is 11.6. The minimum absolute atomic E-state index is 0.0630. The van der Waals surface area contributed by atoms with E-state index >= 15 is 0 Å². The Bertz CT molecular complexity index is 266. The van der Waals surface area contributed by atoms with Crippen LogP contribution in [-0.4, -0.2) is 35.5 Å². The Kier molecular flexibility index (Phi) is 12.3. The quantitative estimate of drug-likeness (QED) is 0.523. The molecule has 118 valence electrons. The number of hydrogen-bond acceptors (Lipinski definition) is 2. The Morgan fingerprint density at radius 1 is 0.850 bits per heavy atom. The summed E-state index contributed by atoms with van der Waals surface area (Å²) in [7, 11) is 1.55. The average molecular weight is 285 g/mol. The van der Waals surface area contributed by atoms with E-state index in [-0.39, 0.29) is 12.5 Å². The molecule has 0 fully saturated rings. The summed E-state index contributed by atoms with van der Waals surface area (Å²) in [5, 5.41) is 8.58. The van der Waals surface area contributed by atoms with Crippen molar-refractivity contribution in [2.24, 2.45) is 0 Å². The summed E-state index contributed by atoms with van der Waals surface area (Å²) >= 11 is 0. The smallest absolute Gasteiger partial charge is 0.323 e. The Balaban J connectivity index is 3.31. The number of unbranched alkanes of at least 4 members (excludes halogenated alkanes) is 9. The van der Waals surface area contributed by atoms with E-state index in [4.69, 9.17) is 5.11 Å². The molecule has 0 radical (unpaired) electrons. The second-order valence-electron chi connectivity index (χ2n) is 5.58. The monoisotopic (exact) mass is 285 g/mol. The minimum atomic E-state index is -0.955. The largest absolute Gasteiger partial charge is 0.480 e. The highest BCUT2D eigenvalue weighted by molar-refractivity contribution is 5.80. The molecule has 0 saturated heterocycles. The van der Waals surface area contributed by atoms with E-state index < -0.39 is 5.97 Å². The molecule has 4 heteroatoms. The van der Waals surface area contributed by atoms with Crippen LogP contribution in [0.25, 0.3) is 0 Å². The molecule has 0 spiro atoms. The van der Waals surface area contributed by atoms with Gasteiger partial charge in [-0.05, 0) is 6.42 Å². The first-order valence-corrected chi connectivity index (χ1v) is 8.03. The first-order chi connectivity index (χ1) is 9.57. The average Bonchev–Trinajstić information content (AvgIpc) is 2.39. The van der Waals surface area contributed by atoms with E-state index in [1.807, 2.05) is 0 Å². The molecule has 0 saturated carbocycles. The Morgan fingerprint density at radius 2 is 1.30 bits per heavy atom. The van der Waals surface area contributed by atoms with E-state index in [9.17, 15) is 9.59 Å². The van der Waals surface area contributed by atoms with Gasteiger partial charge in [0.05, 0.1) is 0 Å². The van der Waals surface area contributed by atoms with Gasteiger partial charge >= 0.3 is 5.97 Å². The highest BCUT2D eigenvalue weighted by Gasteiger charge is 2.10. The number of carboxylic acids is 1. The molecule has 0 aromatic rings. The lowest BCUT2D eigenvalue weighted by atomic mass is 10.1. The lowest BCUT2D eigenvalue weighted by Gasteiger charge is -2.14. The van der Waals surface area contributed by atoms with E-state index in [1.165, 1.54) is 56.3 Å². The maximum Gasteiger partial charge on any atom is 0.323 e. The molecule has 1 amide bonds. The zero-order chi connectivity index (χ0) is 15.2. The molecule has 0 rings (SSSR count). The number of likely N-dealkylation sites (N-methyl/N-ethyl adjacent to an activating group) is 1. The summed E-state index contributed by atoms with van der Waals surface area (Å²) in [5.74, 6) is -1.02. The number of rotatable bonds is 13. The number of nitrogens with zero attached hydrogens (tertiary/aromatic N) is 1. The van der Waals surface area contributed by atoms with Crippen LogP contribution in [0.5, 0.6) is 0 Å². The van der Waals surface area contributed by atoms with Gasteiger partial charge in [0.15, 0.2) is 0 Å². The van der Waals surface area contributed by atoms with Gasteiger partial charge in [-0.3, -0.25) is 9.59 Å². The van der Waals surface area contributed by atoms with Gasteiger partial charge in [0.1, 0.15) is 6.54 Å². The van der Waals surface area contributed by atoms with Crippen LogP contribution in [-0.2, 0) is 9.59 Å². The van der Waals surface area contributed by atoms with Gasteiger partial charge < -0.3 is 10.0 Å². The van der Waals surface area contributed by atoms with Crippen molar-refractivity contribution in [1.82, 2.24) is 4.90 Å². The van der Waals surface area contributed by atoms with Gasteiger partial charge in [0.25, 0.3) is 0 Å². The molecular weight excluding hydrogens is 254 g/mol. The zero-order valence-electron chi connectivity index (χ0n) is 13.2. The minimum Gasteiger partial charge on any atom is -0.480 e. The van der Waals surface area contributed by atoms with Crippen LogP contribution in [0.3, 0.4) is 0 Å². The van der Waals surface area contributed by atoms with Gasteiger partial charge in [-0.1, -0.05) is 64.7 Å². The highest BCUT2D eigenvalue weighted by Crippen LogP contribution is 2.11. The summed E-state index contributed by atoms with van der Waals surface area (Å²) in [6.07, 6.45) is 12.9. The zero-order valence-corrected chi connectivity index (χ0v) is 13.2. The Morgan fingerprint density at radius 3 is 1.75 bits per heavy atom. The van der Waals surface area contributed by atoms with Crippen LogP contribution in [0.15, 0.2) is 0 Å². The molecule has 0 heterocycles.